The molecular formula is C10H14N2O6S. The number of carbonyl (C=O) groups excluding carboxylic acids is 1. The van der Waals surface area contributed by atoms with Gasteiger partial charge in [0.2, 0.25) is 0 Å². The van der Waals surface area contributed by atoms with Gasteiger partial charge in [0.25, 0.3) is 0 Å². The number of carbonyl (C=O) groups is 2. The quantitative estimate of drug-likeness (QED) is 0.740. The molecule has 0 aliphatic rings. The van der Waals surface area contributed by atoms with Gasteiger partial charge in [-0.25, -0.2) is 9.59 Å². The number of hydrogen-bond donors (Lipinski definition) is 3. The van der Waals surface area contributed by atoms with E-state index in [0.29, 0.717) is 0 Å². The fourth-order valence-corrected chi connectivity index (χ4v) is 1.34. The maximum atomic E-state index is 10.2. The van der Waals surface area contributed by atoms with Crippen LogP contribution in [0.25, 0.3) is 0 Å². The molecule has 1 aromatic rings. The molecule has 9 heteroatoms. The topological polar surface area (TPSA) is 136 Å². The van der Waals surface area contributed by atoms with Crippen LogP contribution in [0.15, 0.2) is 24.3 Å². The van der Waals surface area contributed by atoms with Crippen molar-refractivity contribution in [2.24, 2.45) is 5.73 Å². The molecule has 0 radical (unpaired) electrons. The molecule has 0 unspecified atom stereocenters. The van der Waals surface area contributed by atoms with E-state index in [4.69, 9.17) is 5.11 Å². The molecule has 1 aromatic carbocycles. The average Bonchev–Trinajstić information content (AvgIpc) is 2.19. The lowest BCUT2D eigenvalue weighted by Crippen LogP contribution is -2.33. The van der Waals surface area contributed by atoms with Crippen molar-refractivity contribution in [1.29, 1.82) is 0 Å². The van der Waals surface area contributed by atoms with Crippen molar-refractivity contribution in [3.63, 3.8) is 0 Å². The number of nitrogens with one attached hydrogen (secondary N) is 1. The fraction of sp³-hybridized carbons (Fsp3) is 0.200. The molecule has 0 saturated heterocycles. The van der Waals surface area contributed by atoms with Gasteiger partial charge in [-0.1, -0.05) is 35.4 Å². The minimum absolute atomic E-state index is 0.916. The standard InChI is InChI=1S/C8H10.C2H4N2O6S/c1-7-3-5-8(2)6-4-7;3-1(5)10-11(8,9)4-2(6)7/h3-6H,1-2H3;4H,(H2,3,5)(H,6,7). The molecule has 0 fully saturated rings. The smallest absolute Gasteiger partial charge is 0.421 e. The number of aryl methyl sites for hydroxylation is 2. The van der Waals surface area contributed by atoms with Crippen LogP contribution in [0.4, 0.5) is 9.59 Å². The second-order valence-corrected chi connectivity index (χ2v) is 4.70. The van der Waals surface area contributed by atoms with Crippen LogP contribution < -0.4 is 10.5 Å². The largest absolute Gasteiger partial charge is 0.464 e. The van der Waals surface area contributed by atoms with Crippen molar-refractivity contribution >= 4 is 22.5 Å². The molecule has 0 saturated carbocycles. The van der Waals surface area contributed by atoms with Crippen LogP contribution in [0, 0.1) is 13.8 Å². The van der Waals surface area contributed by atoms with Crippen molar-refractivity contribution in [2.45, 2.75) is 13.8 Å². The Morgan fingerprint density at radius 2 is 1.53 bits per heavy atom. The van der Waals surface area contributed by atoms with Gasteiger partial charge in [-0.15, -0.1) is 0 Å². The molecular weight excluding hydrogens is 276 g/mol. The Morgan fingerprint density at radius 1 is 1.16 bits per heavy atom. The summed E-state index contributed by atoms with van der Waals surface area (Å²) in [5.41, 5.74) is 6.94. The van der Waals surface area contributed by atoms with E-state index in [2.05, 4.69) is 48.0 Å². The van der Waals surface area contributed by atoms with E-state index >= 15 is 0 Å². The Bertz CT molecular complexity index is 495. The number of rotatable bonds is 2. The third-order valence-corrected chi connectivity index (χ3v) is 2.43. The average molecular weight is 290 g/mol. The van der Waals surface area contributed by atoms with Crippen LogP contribution in [0.5, 0.6) is 0 Å². The number of amides is 2. The maximum absolute atomic E-state index is 10.2. The van der Waals surface area contributed by atoms with Gasteiger partial charge in [0, 0.05) is 0 Å². The van der Waals surface area contributed by atoms with Crippen molar-refractivity contribution in [3.8, 4) is 0 Å². The van der Waals surface area contributed by atoms with Crippen molar-refractivity contribution in [2.75, 3.05) is 0 Å². The first kappa shape index (κ1) is 16.7. The fourth-order valence-electron chi connectivity index (χ4n) is 0.873. The molecule has 8 nitrogen and oxygen atoms in total. The van der Waals surface area contributed by atoms with Gasteiger partial charge in [-0.05, 0) is 13.8 Å². The van der Waals surface area contributed by atoms with Crippen LogP contribution in [0.2, 0.25) is 0 Å². The summed E-state index contributed by atoms with van der Waals surface area (Å²) < 4.78 is 24.8. The molecule has 0 bridgehead atoms. The van der Waals surface area contributed by atoms with Gasteiger partial charge in [0.1, 0.15) is 0 Å². The minimum atomic E-state index is -4.60. The molecule has 4 N–H and O–H groups in total. The monoisotopic (exact) mass is 290 g/mol. The van der Waals surface area contributed by atoms with E-state index in [9.17, 15) is 18.0 Å². The SMILES string of the molecule is Cc1ccc(C)cc1.NC(=O)OS(=O)(=O)NC(=O)O. The summed E-state index contributed by atoms with van der Waals surface area (Å²) in [6, 6.07) is 8.48. The predicted molar refractivity (Wildman–Crippen MR) is 66.7 cm³/mol. The van der Waals surface area contributed by atoms with Gasteiger partial charge in [0.05, 0.1) is 0 Å². The first-order valence-corrected chi connectivity index (χ1v) is 6.31. The van der Waals surface area contributed by atoms with Crippen molar-refractivity contribution in [3.05, 3.63) is 35.4 Å². The van der Waals surface area contributed by atoms with Gasteiger partial charge in [-0.2, -0.15) is 13.1 Å². The van der Waals surface area contributed by atoms with Crippen LogP contribution in [-0.2, 0) is 14.5 Å². The molecule has 0 atom stereocenters. The van der Waals surface area contributed by atoms with E-state index in [1.807, 2.05) is 0 Å². The number of carboxylic acid groups (broad SMARTS) is 1. The summed E-state index contributed by atoms with van der Waals surface area (Å²) in [6.07, 6.45) is -3.48. The molecule has 0 heterocycles. The number of primary amides is 1. The normalized spacial score (nSPS) is 9.79. The Balaban J connectivity index is 0.000000356. The summed E-state index contributed by atoms with van der Waals surface area (Å²) in [5.74, 6) is 0. The highest BCUT2D eigenvalue weighted by molar-refractivity contribution is 7.85. The van der Waals surface area contributed by atoms with Gasteiger partial charge >= 0.3 is 22.5 Å². The van der Waals surface area contributed by atoms with Crippen molar-refractivity contribution < 1.29 is 27.3 Å². The third-order valence-electron chi connectivity index (χ3n) is 1.62. The van der Waals surface area contributed by atoms with E-state index in [1.165, 1.54) is 11.1 Å². The van der Waals surface area contributed by atoms with E-state index in [-0.39, 0.29) is 0 Å². The zero-order valence-electron chi connectivity index (χ0n) is 10.3. The summed E-state index contributed by atoms with van der Waals surface area (Å²) in [6.45, 7) is 4.19. The van der Waals surface area contributed by atoms with E-state index in [0.717, 1.165) is 4.72 Å². The molecule has 19 heavy (non-hydrogen) atoms. The molecule has 0 aliphatic carbocycles. The Hall–Kier alpha value is -2.29. The molecule has 0 aromatic heterocycles. The summed E-state index contributed by atoms with van der Waals surface area (Å²) >= 11 is 0. The lowest BCUT2D eigenvalue weighted by Gasteiger charge is -1.99. The first-order valence-electron chi connectivity index (χ1n) is 4.90. The van der Waals surface area contributed by atoms with Crippen LogP contribution in [0.3, 0.4) is 0 Å². The molecule has 1 rings (SSSR count). The van der Waals surface area contributed by atoms with E-state index in [1.54, 1.807) is 0 Å². The Kier molecular flexibility index (Phi) is 6.34. The van der Waals surface area contributed by atoms with Crippen LogP contribution in [-0.4, -0.2) is 25.7 Å². The lowest BCUT2D eigenvalue weighted by molar-refractivity contribution is 0.197. The summed E-state index contributed by atoms with van der Waals surface area (Å²) in [4.78, 5) is 19.5. The highest BCUT2D eigenvalue weighted by atomic mass is 32.2. The van der Waals surface area contributed by atoms with Crippen LogP contribution in [0.1, 0.15) is 11.1 Å². The Morgan fingerprint density at radius 3 is 1.79 bits per heavy atom. The first-order chi connectivity index (χ1) is 8.62. The van der Waals surface area contributed by atoms with E-state index < -0.39 is 22.5 Å². The molecule has 0 spiro atoms. The highest BCUT2D eigenvalue weighted by Gasteiger charge is 2.16. The molecule has 106 valence electrons. The van der Waals surface area contributed by atoms with Crippen LogP contribution >= 0.6 is 0 Å². The lowest BCUT2D eigenvalue weighted by atomic mass is 10.2. The third kappa shape index (κ3) is 9.41. The highest BCUT2D eigenvalue weighted by Crippen LogP contribution is 1.99. The van der Waals surface area contributed by atoms with Crippen molar-refractivity contribution in [1.82, 2.24) is 4.72 Å². The zero-order valence-corrected chi connectivity index (χ0v) is 11.1. The maximum Gasteiger partial charge on any atom is 0.421 e. The van der Waals surface area contributed by atoms with Gasteiger partial charge in [0.15, 0.2) is 0 Å². The number of nitrogens with two attached hydrogens (primary N) is 1. The number of benzene rings is 1. The summed E-state index contributed by atoms with van der Waals surface area (Å²) in [7, 11) is -4.60. The zero-order chi connectivity index (χ0) is 15.1. The minimum Gasteiger partial charge on any atom is -0.464 e. The van der Waals surface area contributed by atoms with Gasteiger partial charge < -0.3 is 15.0 Å². The molecule has 2 amide bonds. The number of hydrogen-bond acceptors (Lipinski definition) is 5. The Labute approximate surface area is 110 Å². The predicted octanol–water partition coefficient (Wildman–Crippen LogP) is 0.898. The second-order valence-electron chi connectivity index (χ2n) is 3.42. The summed E-state index contributed by atoms with van der Waals surface area (Å²) in [5, 5.41) is 7.84. The second kappa shape index (κ2) is 7.21. The van der Waals surface area contributed by atoms with Gasteiger partial charge in [-0.3, -0.25) is 0 Å². The molecule has 0 aliphatic heterocycles.